The number of fused-ring (bicyclic) bond motifs is 1. The van der Waals surface area contributed by atoms with E-state index in [2.05, 4.69) is 9.97 Å². The molecule has 0 spiro atoms. The third-order valence-corrected chi connectivity index (χ3v) is 6.69. The molecule has 0 atom stereocenters. The molecule has 8 nitrogen and oxygen atoms in total. The highest BCUT2D eigenvalue weighted by atomic mass is 32.2. The van der Waals surface area contributed by atoms with Crippen molar-refractivity contribution in [3.63, 3.8) is 0 Å². The topological polar surface area (TPSA) is 88.4 Å². The Labute approximate surface area is 170 Å². The minimum atomic E-state index is -3.52. The lowest BCUT2D eigenvalue weighted by Crippen LogP contribution is -2.26. The highest BCUT2D eigenvalue weighted by molar-refractivity contribution is 7.89. The van der Waals surface area contributed by atoms with E-state index in [1.165, 1.54) is 18.4 Å². The molecular formula is C20H25N5O3S. The van der Waals surface area contributed by atoms with Crippen LogP contribution in [0.1, 0.15) is 17.8 Å². The van der Waals surface area contributed by atoms with Crippen LogP contribution in [0.25, 0.3) is 11.0 Å². The summed E-state index contributed by atoms with van der Waals surface area (Å²) in [7, 11) is 3.12. The minimum absolute atomic E-state index is 0.0183. The third kappa shape index (κ3) is 4.46. The summed E-state index contributed by atoms with van der Waals surface area (Å²) in [6, 6.07) is 8.67. The van der Waals surface area contributed by atoms with Crippen molar-refractivity contribution in [1.29, 1.82) is 0 Å². The van der Waals surface area contributed by atoms with Crippen molar-refractivity contribution in [2.24, 2.45) is 7.05 Å². The fraction of sp³-hybridized carbons (Fsp3) is 0.350. The first kappa shape index (κ1) is 20.9. The molecule has 0 radical (unpaired) electrons. The van der Waals surface area contributed by atoms with Crippen LogP contribution in [-0.2, 0) is 34.8 Å². The number of aromatic nitrogens is 3. The highest BCUT2D eigenvalue weighted by Crippen LogP contribution is 2.22. The third-order valence-electron chi connectivity index (χ3n) is 4.88. The highest BCUT2D eigenvalue weighted by Gasteiger charge is 2.19. The second kappa shape index (κ2) is 8.30. The lowest BCUT2D eigenvalue weighted by molar-refractivity contribution is -0.130. The number of sulfonamides is 1. The second-order valence-electron chi connectivity index (χ2n) is 7.13. The molecule has 0 fully saturated rings. The minimum Gasteiger partial charge on any atom is -0.341 e. The standard InChI is InChI=1S/C20H25N5O3S/c1-23(2)29(27,28)16-5-6-18-17(13-16)22-19(25(18)4)7-8-20(26)24(3)14-15-9-11-21-12-10-15/h5-6,9-13H,7-8,14H2,1-4H3. The molecular weight excluding hydrogens is 390 g/mol. The number of amides is 1. The van der Waals surface area contributed by atoms with Gasteiger partial charge in [0.25, 0.3) is 0 Å². The quantitative estimate of drug-likeness (QED) is 0.587. The molecule has 29 heavy (non-hydrogen) atoms. The van der Waals surface area contributed by atoms with Gasteiger partial charge in [-0.3, -0.25) is 9.78 Å². The van der Waals surface area contributed by atoms with Gasteiger partial charge >= 0.3 is 0 Å². The van der Waals surface area contributed by atoms with E-state index in [1.807, 2.05) is 23.7 Å². The van der Waals surface area contributed by atoms with Crippen molar-refractivity contribution in [2.45, 2.75) is 24.3 Å². The largest absolute Gasteiger partial charge is 0.341 e. The molecule has 0 N–H and O–H groups in total. The average molecular weight is 416 g/mol. The van der Waals surface area contributed by atoms with Gasteiger partial charge in [0.2, 0.25) is 15.9 Å². The molecule has 0 aliphatic carbocycles. The fourth-order valence-corrected chi connectivity index (χ4v) is 4.01. The SMILES string of the molecule is CN(Cc1ccncc1)C(=O)CCc1nc2cc(S(=O)(=O)N(C)C)ccc2n1C. The number of nitrogens with zero attached hydrogens (tertiary/aromatic N) is 5. The molecule has 0 saturated carbocycles. The zero-order valence-corrected chi connectivity index (χ0v) is 17.8. The molecule has 0 unspecified atom stereocenters. The molecule has 9 heteroatoms. The molecule has 1 amide bonds. The van der Waals surface area contributed by atoms with Gasteiger partial charge in [-0.1, -0.05) is 0 Å². The van der Waals surface area contributed by atoms with Crippen LogP contribution in [-0.4, -0.2) is 59.2 Å². The lowest BCUT2D eigenvalue weighted by Gasteiger charge is -2.17. The number of hydrogen-bond acceptors (Lipinski definition) is 5. The summed E-state index contributed by atoms with van der Waals surface area (Å²) in [6.07, 6.45) is 4.21. The van der Waals surface area contributed by atoms with Crippen LogP contribution in [0.3, 0.4) is 0 Å². The van der Waals surface area contributed by atoms with Gasteiger partial charge in [-0.15, -0.1) is 0 Å². The summed E-state index contributed by atoms with van der Waals surface area (Å²) in [4.78, 5) is 22.9. The number of pyridine rings is 1. The van der Waals surface area contributed by atoms with Crippen LogP contribution >= 0.6 is 0 Å². The van der Waals surface area contributed by atoms with Gasteiger partial charge in [0.15, 0.2) is 0 Å². The monoisotopic (exact) mass is 415 g/mol. The van der Waals surface area contributed by atoms with Gasteiger partial charge in [-0.25, -0.2) is 17.7 Å². The van der Waals surface area contributed by atoms with Gasteiger partial charge in [0.05, 0.1) is 15.9 Å². The first-order valence-corrected chi connectivity index (χ1v) is 10.6. The van der Waals surface area contributed by atoms with Crippen LogP contribution < -0.4 is 0 Å². The number of carbonyl (C=O) groups excluding carboxylic acids is 1. The molecule has 3 aromatic rings. The molecule has 2 aromatic heterocycles. The number of benzene rings is 1. The lowest BCUT2D eigenvalue weighted by atomic mass is 10.2. The van der Waals surface area contributed by atoms with E-state index in [-0.39, 0.29) is 10.8 Å². The summed E-state index contributed by atoms with van der Waals surface area (Å²) in [6.45, 7) is 0.523. The number of hydrogen-bond donors (Lipinski definition) is 0. The van der Waals surface area contributed by atoms with Crippen molar-refractivity contribution in [2.75, 3.05) is 21.1 Å². The number of carbonyl (C=O) groups is 1. The van der Waals surface area contributed by atoms with Gasteiger partial charge in [-0.2, -0.15) is 0 Å². The molecule has 0 saturated heterocycles. The van der Waals surface area contributed by atoms with E-state index in [0.717, 1.165) is 16.9 Å². The number of imidazole rings is 1. The first-order valence-electron chi connectivity index (χ1n) is 9.21. The van der Waals surface area contributed by atoms with Crippen molar-refractivity contribution < 1.29 is 13.2 Å². The van der Waals surface area contributed by atoms with Crippen molar-refractivity contribution in [3.8, 4) is 0 Å². The molecule has 0 aliphatic heterocycles. The van der Waals surface area contributed by atoms with Gasteiger partial charge in [-0.05, 0) is 35.9 Å². The van der Waals surface area contributed by atoms with E-state index >= 15 is 0 Å². The van der Waals surface area contributed by atoms with E-state index in [9.17, 15) is 13.2 Å². The van der Waals surface area contributed by atoms with Crippen LogP contribution in [0, 0.1) is 0 Å². The molecule has 2 heterocycles. The summed E-state index contributed by atoms with van der Waals surface area (Å²) in [5.41, 5.74) is 2.45. The molecule has 0 aliphatic rings. The molecule has 3 rings (SSSR count). The normalized spacial score (nSPS) is 11.9. The Hall–Kier alpha value is -2.78. The molecule has 1 aromatic carbocycles. The maximum Gasteiger partial charge on any atom is 0.242 e. The second-order valence-corrected chi connectivity index (χ2v) is 9.28. The van der Waals surface area contributed by atoms with Crippen LogP contribution in [0.2, 0.25) is 0 Å². The number of aryl methyl sites for hydroxylation is 2. The Morgan fingerprint density at radius 2 is 1.79 bits per heavy atom. The molecule has 0 bridgehead atoms. The maximum atomic E-state index is 12.5. The van der Waals surface area contributed by atoms with Crippen LogP contribution in [0.15, 0.2) is 47.6 Å². The Kier molecular flexibility index (Phi) is 5.99. The smallest absolute Gasteiger partial charge is 0.242 e. The Balaban J connectivity index is 1.73. The van der Waals surface area contributed by atoms with Gasteiger partial charge in [0.1, 0.15) is 5.82 Å². The summed E-state index contributed by atoms with van der Waals surface area (Å²) in [5.74, 6) is 0.759. The molecule has 154 valence electrons. The van der Waals surface area contributed by atoms with E-state index < -0.39 is 10.0 Å². The fourth-order valence-electron chi connectivity index (χ4n) is 3.08. The zero-order valence-electron chi connectivity index (χ0n) is 17.0. The Morgan fingerprint density at radius 1 is 1.10 bits per heavy atom. The number of rotatable bonds is 7. The predicted molar refractivity (Wildman–Crippen MR) is 111 cm³/mol. The summed E-state index contributed by atoms with van der Waals surface area (Å²) >= 11 is 0. The van der Waals surface area contributed by atoms with Crippen molar-refractivity contribution in [1.82, 2.24) is 23.7 Å². The van der Waals surface area contributed by atoms with Gasteiger partial charge < -0.3 is 9.47 Å². The van der Waals surface area contributed by atoms with Crippen molar-refractivity contribution >= 4 is 27.0 Å². The van der Waals surface area contributed by atoms with Gasteiger partial charge in [0, 0.05) is 60.0 Å². The van der Waals surface area contributed by atoms with Crippen LogP contribution in [0.4, 0.5) is 0 Å². The average Bonchev–Trinajstić information content (AvgIpc) is 3.01. The van der Waals surface area contributed by atoms with Crippen molar-refractivity contribution in [3.05, 3.63) is 54.1 Å². The Bertz CT molecular complexity index is 1120. The predicted octanol–water partition coefficient (Wildman–Crippen LogP) is 1.81. The summed E-state index contributed by atoms with van der Waals surface area (Å²) in [5, 5.41) is 0. The van der Waals surface area contributed by atoms with E-state index in [1.54, 1.807) is 42.5 Å². The summed E-state index contributed by atoms with van der Waals surface area (Å²) < 4.78 is 27.8. The van der Waals surface area contributed by atoms with E-state index in [0.29, 0.717) is 24.9 Å². The zero-order chi connectivity index (χ0) is 21.2. The first-order chi connectivity index (χ1) is 13.7. The van der Waals surface area contributed by atoms with E-state index in [4.69, 9.17) is 0 Å². The maximum absolute atomic E-state index is 12.5. The Morgan fingerprint density at radius 3 is 2.45 bits per heavy atom. The van der Waals surface area contributed by atoms with Crippen LogP contribution in [0.5, 0.6) is 0 Å².